The van der Waals surface area contributed by atoms with Crippen LogP contribution in [0.1, 0.15) is 11.3 Å². The summed E-state index contributed by atoms with van der Waals surface area (Å²) in [7, 11) is 0. The lowest BCUT2D eigenvalue weighted by Crippen LogP contribution is -1.94. The van der Waals surface area contributed by atoms with Crippen LogP contribution in [0.2, 0.25) is 0 Å². The van der Waals surface area contributed by atoms with Crippen molar-refractivity contribution >= 4 is 16.7 Å². The van der Waals surface area contributed by atoms with Gasteiger partial charge in [-0.05, 0) is 31.5 Å². The van der Waals surface area contributed by atoms with E-state index in [1.54, 1.807) is 6.07 Å². The number of hydrogen-bond donors (Lipinski definition) is 1. The third-order valence-corrected chi connectivity index (χ3v) is 3.21. The van der Waals surface area contributed by atoms with E-state index in [-0.39, 0.29) is 17.0 Å². The fourth-order valence-electron chi connectivity index (χ4n) is 2.01. The van der Waals surface area contributed by atoms with Crippen molar-refractivity contribution in [1.29, 1.82) is 0 Å². The molecule has 0 amide bonds. The van der Waals surface area contributed by atoms with E-state index in [4.69, 9.17) is 4.42 Å². The maximum atomic E-state index is 10.8. The van der Waals surface area contributed by atoms with E-state index in [0.717, 1.165) is 16.1 Å². The molecule has 0 aliphatic carbocycles. The molecule has 20 heavy (non-hydrogen) atoms. The smallest absolute Gasteiger partial charge is 0.271 e. The van der Waals surface area contributed by atoms with Crippen LogP contribution in [0.25, 0.3) is 22.6 Å². The third-order valence-electron chi connectivity index (χ3n) is 3.21. The van der Waals surface area contributed by atoms with Gasteiger partial charge in [-0.3, -0.25) is 10.1 Å². The van der Waals surface area contributed by atoms with E-state index < -0.39 is 4.92 Å². The number of fused-ring (bicyclic) bond motifs is 1. The van der Waals surface area contributed by atoms with Crippen molar-refractivity contribution in [3.63, 3.8) is 0 Å². The van der Waals surface area contributed by atoms with Gasteiger partial charge in [-0.1, -0.05) is 0 Å². The number of furan rings is 1. The van der Waals surface area contributed by atoms with Gasteiger partial charge in [0.15, 0.2) is 5.76 Å². The predicted molar refractivity (Wildman–Crippen MR) is 70.7 cm³/mol. The Hall–Kier alpha value is -2.83. The molecule has 0 saturated heterocycles. The average molecular weight is 273 g/mol. The van der Waals surface area contributed by atoms with Crippen LogP contribution in [0.4, 0.5) is 5.69 Å². The third kappa shape index (κ3) is 1.71. The van der Waals surface area contributed by atoms with E-state index >= 15 is 0 Å². The van der Waals surface area contributed by atoms with Crippen LogP contribution < -0.4 is 0 Å². The Kier molecular flexibility index (Phi) is 2.50. The van der Waals surface area contributed by atoms with Gasteiger partial charge in [-0.25, -0.2) is 4.98 Å². The summed E-state index contributed by atoms with van der Waals surface area (Å²) >= 11 is 0. The van der Waals surface area contributed by atoms with Gasteiger partial charge < -0.3 is 9.62 Å². The molecule has 0 unspecified atom stereocenters. The lowest BCUT2D eigenvalue weighted by Gasteiger charge is -1.97. The van der Waals surface area contributed by atoms with Crippen molar-refractivity contribution in [3.8, 4) is 11.6 Å². The minimum absolute atomic E-state index is 0.106. The fourth-order valence-corrected chi connectivity index (χ4v) is 2.01. The lowest BCUT2D eigenvalue weighted by molar-refractivity contribution is -0.384. The standard InChI is InChI=1S/C13H11N3O4/c1-7-5-12(20-8(7)2)13-14-10-4-3-9(16(18)19)6-11(10)15(13)17/h3-6,17H,1-2H3. The number of benzene rings is 1. The van der Waals surface area contributed by atoms with Crippen LogP contribution in [0.15, 0.2) is 28.7 Å². The zero-order valence-corrected chi connectivity index (χ0v) is 10.8. The number of nitro groups is 1. The molecule has 0 saturated carbocycles. The van der Waals surface area contributed by atoms with Crippen molar-refractivity contribution in [2.24, 2.45) is 0 Å². The summed E-state index contributed by atoms with van der Waals surface area (Å²) in [6.45, 7) is 3.70. The summed E-state index contributed by atoms with van der Waals surface area (Å²) in [5.41, 5.74) is 1.56. The van der Waals surface area contributed by atoms with Crippen LogP contribution in [0.3, 0.4) is 0 Å². The summed E-state index contributed by atoms with van der Waals surface area (Å²) in [6, 6.07) is 5.87. The number of nitro benzene ring substituents is 1. The Bertz CT molecular complexity index is 812. The number of aryl methyl sites for hydroxylation is 2. The maximum Gasteiger partial charge on any atom is 0.271 e. The summed E-state index contributed by atoms with van der Waals surface area (Å²) in [4.78, 5) is 14.5. The number of aromatic nitrogens is 2. The molecule has 0 atom stereocenters. The summed E-state index contributed by atoms with van der Waals surface area (Å²) in [5, 5.41) is 20.9. The molecule has 0 bridgehead atoms. The molecule has 7 nitrogen and oxygen atoms in total. The molecule has 3 aromatic rings. The van der Waals surface area contributed by atoms with Gasteiger partial charge in [0, 0.05) is 12.1 Å². The number of imidazole rings is 1. The molecule has 3 rings (SSSR count). The topological polar surface area (TPSA) is 94.3 Å². The number of rotatable bonds is 2. The highest BCUT2D eigenvalue weighted by atomic mass is 16.6. The molecule has 1 N–H and O–H groups in total. The SMILES string of the molecule is Cc1cc(-c2nc3ccc([N+](=O)[O-])cc3n2O)oc1C. The Morgan fingerprint density at radius 3 is 2.70 bits per heavy atom. The van der Waals surface area contributed by atoms with Gasteiger partial charge in [-0.2, -0.15) is 4.73 Å². The highest BCUT2D eigenvalue weighted by Crippen LogP contribution is 2.28. The average Bonchev–Trinajstić information content (AvgIpc) is 2.91. The zero-order chi connectivity index (χ0) is 14.4. The van der Waals surface area contributed by atoms with Crippen molar-refractivity contribution in [1.82, 2.24) is 9.71 Å². The minimum Gasteiger partial charge on any atom is -0.458 e. The van der Waals surface area contributed by atoms with Gasteiger partial charge in [0.1, 0.15) is 11.3 Å². The van der Waals surface area contributed by atoms with Gasteiger partial charge in [-0.15, -0.1) is 0 Å². The molecule has 7 heteroatoms. The molecular formula is C13H11N3O4. The number of non-ortho nitro benzene ring substituents is 1. The highest BCUT2D eigenvalue weighted by molar-refractivity contribution is 5.81. The fraction of sp³-hybridized carbons (Fsp3) is 0.154. The number of nitrogens with zero attached hydrogens (tertiary/aromatic N) is 3. The molecular weight excluding hydrogens is 262 g/mol. The number of hydrogen-bond acceptors (Lipinski definition) is 5. The molecule has 2 aromatic heterocycles. The van der Waals surface area contributed by atoms with Gasteiger partial charge >= 0.3 is 0 Å². The van der Waals surface area contributed by atoms with Crippen LogP contribution >= 0.6 is 0 Å². The Morgan fingerprint density at radius 1 is 1.35 bits per heavy atom. The quantitative estimate of drug-likeness (QED) is 0.440. The molecule has 0 spiro atoms. The summed E-state index contributed by atoms with van der Waals surface area (Å²) in [6.07, 6.45) is 0. The van der Waals surface area contributed by atoms with Gasteiger partial charge in [0.25, 0.3) is 5.69 Å². The first-order chi connectivity index (χ1) is 9.47. The van der Waals surface area contributed by atoms with Crippen molar-refractivity contribution in [2.75, 3.05) is 0 Å². The minimum atomic E-state index is -0.521. The lowest BCUT2D eigenvalue weighted by atomic mass is 10.3. The Labute approximate surface area is 113 Å². The Balaban J connectivity index is 2.22. The highest BCUT2D eigenvalue weighted by Gasteiger charge is 2.18. The summed E-state index contributed by atoms with van der Waals surface area (Å²) in [5.74, 6) is 1.37. The second kappa shape index (κ2) is 4.09. The first kappa shape index (κ1) is 12.2. The molecule has 0 aliphatic heterocycles. The molecule has 1 aromatic carbocycles. The summed E-state index contributed by atoms with van der Waals surface area (Å²) < 4.78 is 6.32. The van der Waals surface area contributed by atoms with Crippen LogP contribution in [0, 0.1) is 24.0 Å². The molecule has 0 aliphatic rings. The van der Waals surface area contributed by atoms with Crippen molar-refractivity contribution in [2.45, 2.75) is 13.8 Å². The van der Waals surface area contributed by atoms with Crippen molar-refractivity contribution in [3.05, 3.63) is 45.7 Å². The van der Waals surface area contributed by atoms with E-state index in [2.05, 4.69) is 4.98 Å². The monoisotopic (exact) mass is 273 g/mol. The molecule has 2 heterocycles. The largest absolute Gasteiger partial charge is 0.458 e. The van der Waals surface area contributed by atoms with Gasteiger partial charge in [0.05, 0.1) is 10.4 Å². The first-order valence-electron chi connectivity index (χ1n) is 5.91. The molecule has 0 radical (unpaired) electrons. The van der Waals surface area contributed by atoms with E-state index in [1.165, 1.54) is 18.2 Å². The molecule has 0 fully saturated rings. The normalized spacial score (nSPS) is 11.1. The van der Waals surface area contributed by atoms with Gasteiger partial charge in [0.2, 0.25) is 5.82 Å². The van der Waals surface area contributed by atoms with E-state index in [9.17, 15) is 15.3 Å². The second-order valence-corrected chi connectivity index (χ2v) is 4.53. The van der Waals surface area contributed by atoms with Crippen LogP contribution in [-0.4, -0.2) is 19.8 Å². The Morgan fingerprint density at radius 2 is 2.10 bits per heavy atom. The van der Waals surface area contributed by atoms with Crippen LogP contribution in [0.5, 0.6) is 0 Å². The second-order valence-electron chi connectivity index (χ2n) is 4.53. The first-order valence-corrected chi connectivity index (χ1v) is 5.91. The van der Waals surface area contributed by atoms with E-state index in [1.807, 2.05) is 13.8 Å². The maximum absolute atomic E-state index is 10.8. The van der Waals surface area contributed by atoms with Crippen LogP contribution in [-0.2, 0) is 0 Å². The van der Waals surface area contributed by atoms with E-state index in [0.29, 0.717) is 11.3 Å². The zero-order valence-electron chi connectivity index (χ0n) is 10.8. The predicted octanol–water partition coefficient (Wildman–Crippen LogP) is 3.06. The molecule has 102 valence electrons. The van der Waals surface area contributed by atoms with Crippen molar-refractivity contribution < 1.29 is 14.5 Å².